The van der Waals surface area contributed by atoms with Crippen LogP contribution in [0.5, 0.6) is 5.75 Å². The molecule has 0 radical (unpaired) electrons. The molecule has 0 spiro atoms. The zero-order chi connectivity index (χ0) is 21.2. The van der Waals surface area contributed by atoms with Crippen LogP contribution in [0.4, 0.5) is 19.0 Å². The third-order valence-corrected chi connectivity index (χ3v) is 4.39. The minimum atomic E-state index is -4.67. The number of anilines is 1. The Balaban J connectivity index is 1.62. The SMILES string of the molecule is Cc1c(NCCCNC(=O)c2cccc(O)c2)nn2c(C(F)(F)F)nnc2c1C. The molecule has 0 fully saturated rings. The molecular weight excluding hydrogens is 389 g/mol. The molecule has 0 atom stereocenters. The van der Waals surface area contributed by atoms with Crippen LogP contribution in [-0.2, 0) is 6.18 Å². The highest BCUT2D eigenvalue weighted by Crippen LogP contribution is 2.29. The van der Waals surface area contributed by atoms with Gasteiger partial charge in [0.05, 0.1) is 0 Å². The summed E-state index contributed by atoms with van der Waals surface area (Å²) in [4.78, 5) is 12.0. The third kappa shape index (κ3) is 4.39. The lowest BCUT2D eigenvalue weighted by molar-refractivity contribution is -0.146. The van der Waals surface area contributed by atoms with Crippen LogP contribution < -0.4 is 10.6 Å². The predicted molar refractivity (Wildman–Crippen MR) is 98.8 cm³/mol. The molecule has 11 heteroatoms. The molecule has 0 aliphatic heterocycles. The number of benzene rings is 1. The van der Waals surface area contributed by atoms with Gasteiger partial charge < -0.3 is 15.7 Å². The van der Waals surface area contributed by atoms with Crippen LogP contribution >= 0.6 is 0 Å². The fourth-order valence-corrected chi connectivity index (χ4v) is 2.72. The molecule has 8 nitrogen and oxygen atoms in total. The third-order valence-electron chi connectivity index (χ3n) is 4.39. The summed E-state index contributed by atoms with van der Waals surface area (Å²) >= 11 is 0. The number of halogens is 3. The summed E-state index contributed by atoms with van der Waals surface area (Å²) in [5, 5.41) is 25.9. The number of rotatable bonds is 6. The van der Waals surface area contributed by atoms with Gasteiger partial charge in [0.15, 0.2) is 5.65 Å². The molecule has 3 aromatic rings. The van der Waals surface area contributed by atoms with E-state index in [2.05, 4.69) is 25.9 Å². The summed E-state index contributed by atoms with van der Waals surface area (Å²) in [5.41, 5.74) is 1.60. The first kappa shape index (κ1) is 20.4. The topological polar surface area (TPSA) is 104 Å². The van der Waals surface area contributed by atoms with Crippen LogP contribution in [0, 0.1) is 13.8 Å². The van der Waals surface area contributed by atoms with Gasteiger partial charge in [-0.2, -0.15) is 17.7 Å². The molecule has 0 bridgehead atoms. The number of nitrogens with zero attached hydrogens (tertiary/aromatic N) is 4. The minimum absolute atomic E-state index is 0.00107. The van der Waals surface area contributed by atoms with Crippen LogP contribution in [0.25, 0.3) is 5.65 Å². The number of aromatic hydroxyl groups is 1. The van der Waals surface area contributed by atoms with Gasteiger partial charge in [-0.15, -0.1) is 15.3 Å². The molecule has 0 saturated carbocycles. The summed E-state index contributed by atoms with van der Waals surface area (Å²) in [7, 11) is 0. The summed E-state index contributed by atoms with van der Waals surface area (Å²) in [6, 6.07) is 5.97. The zero-order valence-electron chi connectivity index (χ0n) is 15.7. The summed E-state index contributed by atoms with van der Waals surface area (Å²) in [6.07, 6.45) is -4.15. The van der Waals surface area contributed by atoms with Crippen LogP contribution in [-0.4, -0.2) is 43.9 Å². The number of amides is 1. The second-order valence-electron chi connectivity index (χ2n) is 6.44. The van der Waals surface area contributed by atoms with Crippen molar-refractivity contribution in [3.63, 3.8) is 0 Å². The number of fused-ring (bicyclic) bond motifs is 1. The zero-order valence-corrected chi connectivity index (χ0v) is 15.7. The highest BCUT2D eigenvalue weighted by molar-refractivity contribution is 5.94. The highest BCUT2D eigenvalue weighted by atomic mass is 19.4. The van der Waals surface area contributed by atoms with Gasteiger partial charge in [0.2, 0.25) is 0 Å². The lowest BCUT2D eigenvalue weighted by Crippen LogP contribution is -2.26. The van der Waals surface area contributed by atoms with Crippen molar-refractivity contribution in [2.75, 3.05) is 18.4 Å². The number of hydrogen-bond acceptors (Lipinski definition) is 6. The lowest BCUT2D eigenvalue weighted by atomic mass is 10.2. The van der Waals surface area contributed by atoms with Crippen molar-refractivity contribution in [1.82, 2.24) is 25.1 Å². The largest absolute Gasteiger partial charge is 0.508 e. The maximum atomic E-state index is 13.1. The first-order valence-electron chi connectivity index (χ1n) is 8.79. The van der Waals surface area contributed by atoms with Gasteiger partial charge >= 0.3 is 6.18 Å². The molecule has 29 heavy (non-hydrogen) atoms. The first-order valence-corrected chi connectivity index (χ1v) is 8.79. The van der Waals surface area contributed by atoms with E-state index >= 15 is 0 Å². The Morgan fingerprint density at radius 2 is 1.93 bits per heavy atom. The lowest BCUT2D eigenvalue weighted by Gasteiger charge is -2.12. The molecule has 2 heterocycles. The smallest absolute Gasteiger partial charge is 0.453 e. The first-order chi connectivity index (χ1) is 13.7. The summed E-state index contributed by atoms with van der Waals surface area (Å²) in [6.45, 7) is 4.10. The van der Waals surface area contributed by atoms with Crippen LogP contribution in [0.2, 0.25) is 0 Å². The molecule has 1 amide bonds. The number of nitrogens with one attached hydrogen (secondary N) is 2. The van der Waals surface area contributed by atoms with E-state index in [1.165, 1.54) is 12.1 Å². The predicted octanol–water partition coefficient (Wildman–Crippen LogP) is 2.70. The Labute approximate surface area is 163 Å². The monoisotopic (exact) mass is 408 g/mol. The van der Waals surface area contributed by atoms with Gasteiger partial charge in [-0.3, -0.25) is 4.79 Å². The normalized spacial score (nSPS) is 11.6. The Kier molecular flexibility index (Phi) is 5.57. The molecule has 0 saturated heterocycles. The Bertz CT molecular complexity index is 1050. The molecule has 154 valence electrons. The van der Waals surface area contributed by atoms with E-state index in [1.807, 2.05) is 0 Å². The molecular formula is C18H19F3N6O2. The standard InChI is InChI=1S/C18H19F3N6O2/c1-10-11(2)15-24-25-17(18(19,20)21)27(15)26-14(10)22-7-4-8-23-16(29)12-5-3-6-13(28)9-12/h3,5-6,9,28H,4,7-8H2,1-2H3,(H,22,26)(H,23,29). The molecule has 0 unspecified atom stereocenters. The number of carbonyl (C=O) groups is 1. The van der Waals surface area contributed by atoms with Crippen molar-refractivity contribution in [3.05, 3.63) is 46.8 Å². The average Bonchev–Trinajstić information content (AvgIpc) is 3.09. The van der Waals surface area contributed by atoms with E-state index in [4.69, 9.17) is 0 Å². The molecule has 0 aliphatic rings. The highest BCUT2D eigenvalue weighted by Gasteiger charge is 2.38. The maximum absolute atomic E-state index is 13.1. The number of phenolic OH excluding ortho intramolecular Hbond substituents is 1. The van der Waals surface area contributed by atoms with E-state index in [-0.39, 0.29) is 17.3 Å². The van der Waals surface area contributed by atoms with Gasteiger partial charge in [-0.05, 0) is 44.0 Å². The fourth-order valence-electron chi connectivity index (χ4n) is 2.72. The van der Waals surface area contributed by atoms with E-state index < -0.39 is 12.0 Å². The molecule has 3 rings (SSSR count). The second kappa shape index (κ2) is 7.94. The van der Waals surface area contributed by atoms with Gasteiger partial charge in [-0.1, -0.05) is 6.07 Å². The van der Waals surface area contributed by atoms with E-state index in [0.29, 0.717) is 46.5 Å². The number of aromatic nitrogens is 4. The van der Waals surface area contributed by atoms with Crippen LogP contribution in [0.3, 0.4) is 0 Å². The van der Waals surface area contributed by atoms with Gasteiger partial charge in [0.25, 0.3) is 11.7 Å². The Hall–Kier alpha value is -3.37. The Morgan fingerprint density at radius 3 is 2.62 bits per heavy atom. The molecule has 1 aromatic carbocycles. The number of alkyl halides is 3. The van der Waals surface area contributed by atoms with Crippen molar-refractivity contribution in [2.24, 2.45) is 0 Å². The fraction of sp³-hybridized carbons (Fsp3) is 0.333. The number of phenols is 1. The quantitative estimate of drug-likeness (QED) is 0.542. The molecule has 3 N–H and O–H groups in total. The molecule has 0 aliphatic carbocycles. The number of aryl methyl sites for hydroxylation is 1. The number of carbonyl (C=O) groups excluding carboxylic acids is 1. The average molecular weight is 408 g/mol. The minimum Gasteiger partial charge on any atom is -0.508 e. The van der Waals surface area contributed by atoms with Crippen molar-refractivity contribution >= 4 is 17.4 Å². The maximum Gasteiger partial charge on any atom is 0.453 e. The van der Waals surface area contributed by atoms with E-state index in [1.54, 1.807) is 26.0 Å². The van der Waals surface area contributed by atoms with Crippen molar-refractivity contribution in [2.45, 2.75) is 26.4 Å². The summed E-state index contributed by atoms with van der Waals surface area (Å²) < 4.78 is 39.9. The van der Waals surface area contributed by atoms with Crippen molar-refractivity contribution < 1.29 is 23.1 Å². The van der Waals surface area contributed by atoms with Crippen LogP contribution in [0.1, 0.15) is 33.7 Å². The van der Waals surface area contributed by atoms with E-state index in [9.17, 15) is 23.1 Å². The van der Waals surface area contributed by atoms with E-state index in [0.717, 1.165) is 0 Å². The van der Waals surface area contributed by atoms with Crippen molar-refractivity contribution in [1.29, 1.82) is 0 Å². The van der Waals surface area contributed by atoms with Crippen LogP contribution in [0.15, 0.2) is 24.3 Å². The van der Waals surface area contributed by atoms with Gasteiger partial charge in [0, 0.05) is 24.2 Å². The molecule has 2 aromatic heterocycles. The van der Waals surface area contributed by atoms with Gasteiger partial charge in [0.1, 0.15) is 11.6 Å². The summed E-state index contributed by atoms with van der Waals surface area (Å²) in [5.74, 6) is -1.22. The van der Waals surface area contributed by atoms with Crippen molar-refractivity contribution in [3.8, 4) is 5.75 Å². The van der Waals surface area contributed by atoms with Gasteiger partial charge in [-0.25, -0.2) is 0 Å². The second-order valence-corrected chi connectivity index (χ2v) is 6.44. The Morgan fingerprint density at radius 1 is 1.17 bits per heavy atom. The number of hydrogen-bond donors (Lipinski definition) is 3.